The largest absolute Gasteiger partial charge is 0.391 e. The molecule has 0 spiro atoms. The van der Waals surface area contributed by atoms with E-state index in [1.165, 1.54) is 0 Å². The van der Waals surface area contributed by atoms with Crippen molar-refractivity contribution >= 4 is 11.9 Å². The van der Waals surface area contributed by atoms with Gasteiger partial charge in [-0.05, 0) is 18.9 Å². The second kappa shape index (κ2) is 10.0. The first-order valence-electron chi connectivity index (χ1n) is 9.17. The zero-order chi connectivity index (χ0) is 18.1. The Morgan fingerprint density at radius 3 is 2.80 bits per heavy atom. The van der Waals surface area contributed by atoms with Crippen LogP contribution in [0.15, 0.2) is 35.3 Å². The standard InChI is InChI=1S/C19H30N4O2/c1-3-18(25)23-11-10-16(14-23)22-19(20-4-2)21-13-17(24)12-15-8-6-5-7-9-15/h5-9,16-17,24H,3-4,10-14H2,1-2H3,(H2,20,21,22). The SMILES string of the molecule is CCNC(=NCC(O)Cc1ccccc1)NC1CCN(C(=O)CC)C1. The fraction of sp³-hybridized carbons (Fsp3) is 0.579. The number of guanidine groups is 1. The molecule has 2 atom stereocenters. The van der Waals surface area contributed by atoms with E-state index in [1.54, 1.807) is 0 Å². The van der Waals surface area contributed by atoms with Crippen LogP contribution in [0.25, 0.3) is 0 Å². The van der Waals surface area contributed by atoms with Crippen LogP contribution in [-0.4, -0.2) is 60.2 Å². The molecule has 6 nitrogen and oxygen atoms in total. The number of nitrogens with zero attached hydrogens (tertiary/aromatic N) is 2. The van der Waals surface area contributed by atoms with Crippen molar-refractivity contribution in [2.75, 3.05) is 26.2 Å². The molecule has 6 heteroatoms. The number of aliphatic imine (C=N–C) groups is 1. The van der Waals surface area contributed by atoms with Crippen molar-refractivity contribution < 1.29 is 9.90 Å². The minimum atomic E-state index is -0.514. The molecule has 0 aliphatic carbocycles. The maximum atomic E-state index is 11.8. The molecule has 1 amide bonds. The van der Waals surface area contributed by atoms with Crippen molar-refractivity contribution in [3.8, 4) is 0 Å². The Bertz CT molecular complexity index is 562. The van der Waals surface area contributed by atoms with Gasteiger partial charge in [-0.15, -0.1) is 0 Å². The van der Waals surface area contributed by atoms with Crippen LogP contribution in [0.4, 0.5) is 0 Å². The lowest BCUT2D eigenvalue weighted by Gasteiger charge is -2.19. The summed E-state index contributed by atoms with van der Waals surface area (Å²) in [7, 11) is 0. The zero-order valence-electron chi connectivity index (χ0n) is 15.2. The highest BCUT2D eigenvalue weighted by Crippen LogP contribution is 2.10. The minimum absolute atomic E-state index is 0.199. The highest BCUT2D eigenvalue weighted by atomic mass is 16.3. The van der Waals surface area contributed by atoms with E-state index in [1.807, 2.05) is 49.1 Å². The van der Waals surface area contributed by atoms with Crippen LogP contribution < -0.4 is 10.6 Å². The number of rotatable bonds is 7. The fourth-order valence-electron chi connectivity index (χ4n) is 2.99. The van der Waals surface area contributed by atoms with E-state index in [4.69, 9.17) is 0 Å². The summed E-state index contributed by atoms with van der Waals surface area (Å²) in [5.41, 5.74) is 1.10. The topological polar surface area (TPSA) is 77.0 Å². The predicted octanol–water partition coefficient (Wildman–Crippen LogP) is 1.16. The first-order chi connectivity index (χ1) is 12.1. The van der Waals surface area contributed by atoms with Crippen molar-refractivity contribution in [2.24, 2.45) is 4.99 Å². The Morgan fingerprint density at radius 1 is 1.36 bits per heavy atom. The van der Waals surface area contributed by atoms with Crippen LogP contribution in [0, 0.1) is 0 Å². The Hall–Kier alpha value is -2.08. The number of carbonyl (C=O) groups is 1. The number of amides is 1. The van der Waals surface area contributed by atoms with Crippen LogP contribution >= 0.6 is 0 Å². The highest BCUT2D eigenvalue weighted by Gasteiger charge is 2.25. The number of hydrogen-bond donors (Lipinski definition) is 3. The molecule has 0 bridgehead atoms. The van der Waals surface area contributed by atoms with Gasteiger partial charge in [0, 0.05) is 38.5 Å². The van der Waals surface area contributed by atoms with Crippen molar-refractivity contribution in [3.63, 3.8) is 0 Å². The fourth-order valence-corrected chi connectivity index (χ4v) is 2.99. The van der Waals surface area contributed by atoms with E-state index in [0.29, 0.717) is 31.9 Å². The van der Waals surface area contributed by atoms with Gasteiger partial charge in [0.25, 0.3) is 0 Å². The molecule has 1 aliphatic heterocycles. The first kappa shape index (κ1) is 19.2. The molecule has 1 heterocycles. The Kier molecular flexibility index (Phi) is 7.73. The van der Waals surface area contributed by atoms with Crippen LogP contribution in [0.5, 0.6) is 0 Å². The molecular formula is C19H30N4O2. The zero-order valence-corrected chi connectivity index (χ0v) is 15.2. The van der Waals surface area contributed by atoms with Gasteiger partial charge >= 0.3 is 0 Å². The highest BCUT2D eigenvalue weighted by molar-refractivity contribution is 5.80. The monoisotopic (exact) mass is 346 g/mol. The van der Waals surface area contributed by atoms with Gasteiger partial charge in [0.1, 0.15) is 0 Å². The molecule has 25 heavy (non-hydrogen) atoms. The molecule has 1 aromatic carbocycles. The molecule has 0 radical (unpaired) electrons. The number of carbonyl (C=O) groups excluding carboxylic acids is 1. The number of aliphatic hydroxyl groups excluding tert-OH is 1. The van der Waals surface area contributed by atoms with Crippen molar-refractivity contribution in [1.29, 1.82) is 0 Å². The molecular weight excluding hydrogens is 316 g/mol. The Balaban J connectivity index is 1.84. The number of nitrogens with one attached hydrogen (secondary N) is 2. The van der Waals surface area contributed by atoms with Crippen LogP contribution in [0.1, 0.15) is 32.3 Å². The van der Waals surface area contributed by atoms with Crippen LogP contribution in [0.2, 0.25) is 0 Å². The van der Waals surface area contributed by atoms with Gasteiger partial charge in [-0.2, -0.15) is 0 Å². The first-order valence-corrected chi connectivity index (χ1v) is 9.17. The van der Waals surface area contributed by atoms with Gasteiger partial charge < -0.3 is 20.6 Å². The molecule has 2 rings (SSSR count). The van der Waals surface area contributed by atoms with E-state index < -0.39 is 6.10 Å². The van der Waals surface area contributed by atoms with Crippen molar-refractivity contribution in [3.05, 3.63) is 35.9 Å². The summed E-state index contributed by atoms with van der Waals surface area (Å²) in [4.78, 5) is 18.2. The lowest BCUT2D eigenvalue weighted by molar-refractivity contribution is -0.129. The van der Waals surface area contributed by atoms with E-state index in [-0.39, 0.29) is 11.9 Å². The summed E-state index contributed by atoms with van der Waals surface area (Å²) in [6.07, 6.45) is 1.54. The number of aliphatic hydroxyl groups is 1. The quantitative estimate of drug-likeness (QED) is 0.511. The molecule has 1 fully saturated rings. The second-order valence-corrected chi connectivity index (χ2v) is 6.39. The summed E-state index contributed by atoms with van der Waals surface area (Å²) in [6.45, 7) is 6.51. The smallest absolute Gasteiger partial charge is 0.222 e. The van der Waals surface area contributed by atoms with E-state index in [0.717, 1.165) is 25.1 Å². The molecule has 2 unspecified atom stereocenters. The van der Waals surface area contributed by atoms with Crippen LogP contribution in [0.3, 0.4) is 0 Å². The molecule has 0 aromatic heterocycles. The normalized spacial score (nSPS) is 18.9. The summed E-state index contributed by atoms with van der Waals surface area (Å²) in [5, 5.41) is 16.8. The van der Waals surface area contributed by atoms with E-state index >= 15 is 0 Å². The summed E-state index contributed by atoms with van der Waals surface area (Å²) in [5.74, 6) is 0.898. The molecule has 1 aliphatic rings. The third-order valence-electron chi connectivity index (χ3n) is 4.30. The van der Waals surface area contributed by atoms with E-state index in [9.17, 15) is 9.90 Å². The molecule has 0 saturated carbocycles. The summed E-state index contributed by atoms with van der Waals surface area (Å²) in [6, 6.07) is 10.1. The maximum absolute atomic E-state index is 11.8. The van der Waals surface area contributed by atoms with Crippen LogP contribution in [-0.2, 0) is 11.2 Å². The van der Waals surface area contributed by atoms with Gasteiger partial charge in [0.05, 0.1) is 12.6 Å². The molecule has 3 N–H and O–H groups in total. The van der Waals surface area contributed by atoms with Gasteiger partial charge in [-0.1, -0.05) is 37.3 Å². The minimum Gasteiger partial charge on any atom is -0.391 e. The number of benzene rings is 1. The molecule has 138 valence electrons. The van der Waals surface area contributed by atoms with Gasteiger partial charge in [-0.25, -0.2) is 0 Å². The average molecular weight is 346 g/mol. The van der Waals surface area contributed by atoms with Gasteiger partial charge in [0.15, 0.2) is 5.96 Å². The maximum Gasteiger partial charge on any atom is 0.222 e. The third kappa shape index (κ3) is 6.38. The summed E-state index contributed by atoms with van der Waals surface area (Å²) >= 11 is 0. The number of likely N-dealkylation sites (tertiary alicyclic amines) is 1. The Labute approximate surface area is 150 Å². The lowest BCUT2D eigenvalue weighted by atomic mass is 10.1. The van der Waals surface area contributed by atoms with Gasteiger partial charge in [-0.3, -0.25) is 9.79 Å². The Morgan fingerprint density at radius 2 is 2.12 bits per heavy atom. The van der Waals surface area contributed by atoms with Gasteiger partial charge in [0.2, 0.25) is 5.91 Å². The lowest BCUT2D eigenvalue weighted by Crippen LogP contribution is -2.45. The van der Waals surface area contributed by atoms with Crippen molar-refractivity contribution in [1.82, 2.24) is 15.5 Å². The predicted molar refractivity (Wildman–Crippen MR) is 101 cm³/mol. The van der Waals surface area contributed by atoms with E-state index in [2.05, 4.69) is 15.6 Å². The number of hydrogen-bond acceptors (Lipinski definition) is 3. The molecule has 1 aromatic rings. The summed E-state index contributed by atoms with van der Waals surface area (Å²) < 4.78 is 0. The average Bonchev–Trinajstić information content (AvgIpc) is 3.08. The third-order valence-corrected chi connectivity index (χ3v) is 4.30. The molecule has 1 saturated heterocycles. The second-order valence-electron chi connectivity index (χ2n) is 6.39. The van der Waals surface area contributed by atoms with Crippen molar-refractivity contribution in [2.45, 2.75) is 45.3 Å².